The number of aryl methyl sites for hydroxylation is 4. The smallest absolute Gasteiger partial charge is 0.0668 e. The van der Waals surface area contributed by atoms with Gasteiger partial charge in [0.15, 0.2) is 0 Å². The van der Waals surface area contributed by atoms with Crippen molar-refractivity contribution in [2.75, 3.05) is 0 Å². The molecule has 0 aliphatic carbocycles. The number of rotatable bonds is 4. The van der Waals surface area contributed by atoms with E-state index in [4.69, 9.17) is 0 Å². The van der Waals surface area contributed by atoms with Gasteiger partial charge in [-0.1, -0.05) is 36.4 Å². The number of nitrogens with zero attached hydrogens (tertiary/aromatic N) is 4. The van der Waals surface area contributed by atoms with Crippen molar-refractivity contribution in [1.82, 2.24) is 19.6 Å². The Morgan fingerprint density at radius 3 is 1.42 bits per heavy atom. The summed E-state index contributed by atoms with van der Waals surface area (Å²) in [7, 11) is 0. The Labute approximate surface area is 154 Å². The molecule has 0 saturated heterocycles. The van der Waals surface area contributed by atoms with E-state index in [0.717, 1.165) is 24.5 Å². The van der Waals surface area contributed by atoms with Gasteiger partial charge in [-0.2, -0.15) is 10.2 Å². The van der Waals surface area contributed by atoms with Crippen molar-refractivity contribution in [3.63, 3.8) is 0 Å². The van der Waals surface area contributed by atoms with Gasteiger partial charge in [0.25, 0.3) is 0 Å². The van der Waals surface area contributed by atoms with Crippen LogP contribution in [0.5, 0.6) is 0 Å². The first-order chi connectivity index (χ1) is 12.5. The third-order valence-electron chi connectivity index (χ3n) is 4.95. The molecule has 0 amide bonds. The summed E-state index contributed by atoms with van der Waals surface area (Å²) in [5, 5.41) is 11.8. The topological polar surface area (TPSA) is 35.6 Å². The number of hydrogen-bond acceptors (Lipinski definition) is 2. The highest BCUT2D eigenvalue weighted by molar-refractivity contribution is 5.88. The van der Waals surface area contributed by atoms with Gasteiger partial charge in [0.05, 0.1) is 24.5 Å². The largest absolute Gasteiger partial charge is 0.265 e. The molecule has 0 aliphatic heterocycles. The fourth-order valence-corrected chi connectivity index (χ4v) is 3.69. The van der Waals surface area contributed by atoms with Crippen molar-refractivity contribution in [3.05, 3.63) is 82.4 Å². The van der Waals surface area contributed by atoms with E-state index in [2.05, 4.69) is 81.9 Å². The first-order valence-corrected chi connectivity index (χ1v) is 9.03. The second-order valence-electron chi connectivity index (χ2n) is 7.10. The van der Waals surface area contributed by atoms with Crippen molar-refractivity contribution in [2.24, 2.45) is 0 Å². The van der Waals surface area contributed by atoms with Crippen LogP contribution in [-0.4, -0.2) is 19.6 Å². The summed E-state index contributed by atoms with van der Waals surface area (Å²) in [4.78, 5) is 0. The van der Waals surface area contributed by atoms with E-state index in [-0.39, 0.29) is 0 Å². The minimum absolute atomic E-state index is 0.792. The lowest BCUT2D eigenvalue weighted by Gasteiger charge is -2.13. The Balaban J connectivity index is 1.76. The second-order valence-corrected chi connectivity index (χ2v) is 7.10. The SMILES string of the molecule is Cc1cc(C)n(Cc2ccc(Cn3nc(C)cc3C)c3ccccc23)n1. The number of hydrogen-bond donors (Lipinski definition) is 0. The van der Waals surface area contributed by atoms with Crippen LogP contribution >= 0.6 is 0 Å². The molecule has 4 aromatic rings. The Hall–Kier alpha value is -2.88. The molecule has 4 nitrogen and oxygen atoms in total. The zero-order valence-corrected chi connectivity index (χ0v) is 15.8. The third kappa shape index (κ3) is 3.03. The Kier molecular flexibility index (Phi) is 4.11. The zero-order chi connectivity index (χ0) is 18.3. The molecular weight excluding hydrogens is 320 g/mol. The molecule has 2 aromatic heterocycles. The molecule has 0 spiro atoms. The van der Waals surface area contributed by atoms with Gasteiger partial charge in [-0.3, -0.25) is 9.36 Å². The van der Waals surface area contributed by atoms with E-state index in [1.165, 1.54) is 33.3 Å². The van der Waals surface area contributed by atoms with Crippen LogP contribution in [0.1, 0.15) is 33.9 Å². The molecular formula is C22H24N4. The van der Waals surface area contributed by atoms with Gasteiger partial charge in [-0.15, -0.1) is 0 Å². The fourth-order valence-electron chi connectivity index (χ4n) is 3.69. The summed E-state index contributed by atoms with van der Waals surface area (Å²) in [5.41, 5.74) is 7.10. The van der Waals surface area contributed by atoms with Gasteiger partial charge in [0, 0.05) is 11.4 Å². The molecule has 0 fully saturated rings. The molecule has 0 bridgehead atoms. The number of aromatic nitrogens is 4. The van der Waals surface area contributed by atoms with Crippen LogP contribution in [0.4, 0.5) is 0 Å². The van der Waals surface area contributed by atoms with Crippen molar-refractivity contribution in [1.29, 1.82) is 0 Å². The average molecular weight is 344 g/mol. The lowest BCUT2D eigenvalue weighted by molar-refractivity contribution is 0.656. The summed E-state index contributed by atoms with van der Waals surface area (Å²) in [5.74, 6) is 0. The van der Waals surface area contributed by atoms with Crippen molar-refractivity contribution in [3.8, 4) is 0 Å². The summed E-state index contributed by atoms with van der Waals surface area (Å²) in [6.45, 7) is 9.89. The monoisotopic (exact) mass is 344 g/mol. The lowest BCUT2D eigenvalue weighted by Crippen LogP contribution is -2.07. The fraction of sp³-hybridized carbons (Fsp3) is 0.273. The molecule has 0 saturated carbocycles. The highest BCUT2D eigenvalue weighted by Crippen LogP contribution is 2.25. The number of benzene rings is 2. The van der Waals surface area contributed by atoms with E-state index < -0.39 is 0 Å². The third-order valence-corrected chi connectivity index (χ3v) is 4.95. The normalized spacial score (nSPS) is 11.4. The molecule has 2 aromatic carbocycles. The second kappa shape index (κ2) is 6.45. The van der Waals surface area contributed by atoms with Crippen LogP contribution in [0.2, 0.25) is 0 Å². The first-order valence-electron chi connectivity index (χ1n) is 9.03. The predicted octanol–water partition coefficient (Wildman–Crippen LogP) is 4.56. The molecule has 4 rings (SSSR count). The van der Waals surface area contributed by atoms with Crippen LogP contribution in [-0.2, 0) is 13.1 Å². The van der Waals surface area contributed by atoms with Crippen LogP contribution in [0.3, 0.4) is 0 Å². The molecule has 0 radical (unpaired) electrons. The van der Waals surface area contributed by atoms with Gasteiger partial charge < -0.3 is 0 Å². The van der Waals surface area contributed by atoms with E-state index in [9.17, 15) is 0 Å². The van der Waals surface area contributed by atoms with E-state index in [1.54, 1.807) is 0 Å². The van der Waals surface area contributed by atoms with Gasteiger partial charge in [0.2, 0.25) is 0 Å². The Morgan fingerprint density at radius 1 is 0.654 bits per heavy atom. The zero-order valence-electron chi connectivity index (χ0n) is 15.8. The summed E-state index contributed by atoms with van der Waals surface area (Å²) >= 11 is 0. The van der Waals surface area contributed by atoms with Gasteiger partial charge in [-0.25, -0.2) is 0 Å². The summed E-state index contributed by atoms with van der Waals surface area (Å²) < 4.78 is 4.16. The molecule has 26 heavy (non-hydrogen) atoms. The van der Waals surface area contributed by atoms with Crippen LogP contribution < -0.4 is 0 Å². The lowest BCUT2D eigenvalue weighted by atomic mass is 9.99. The predicted molar refractivity (Wildman–Crippen MR) is 106 cm³/mol. The molecule has 2 heterocycles. The minimum atomic E-state index is 0.792. The van der Waals surface area contributed by atoms with Crippen LogP contribution in [0.25, 0.3) is 10.8 Å². The first kappa shape index (κ1) is 16.6. The van der Waals surface area contributed by atoms with E-state index in [0.29, 0.717) is 0 Å². The quantitative estimate of drug-likeness (QED) is 0.544. The molecule has 0 unspecified atom stereocenters. The Bertz CT molecular complexity index is 998. The molecule has 4 heteroatoms. The molecule has 132 valence electrons. The standard InChI is InChI=1S/C22H24N4/c1-15-11-17(3)25(23-15)13-19-9-10-20(22-8-6-5-7-21(19)22)14-26-18(4)12-16(2)24-26/h5-12H,13-14H2,1-4H3. The van der Waals surface area contributed by atoms with Crippen molar-refractivity contribution < 1.29 is 0 Å². The molecule has 0 N–H and O–H groups in total. The highest BCUT2D eigenvalue weighted by atomic mass is 15.3. The minimum Gasteiger partial charge on any atom is -0.265 e. The maximum Gasteiger partial charge on any atom is 0.0668 e. The highest BCUT2D eigenvalue weighted by Gasteiger charge is 2.10. The van der Waals surface area contributed by atoms with Crippen LogP contribution in [0.15, 0.2) is 48.5 Å². The van der Waals surface area contributed by atoms with E-state index >= 15 is 0 Å². The van der Waals surface area contributed by atoms with Crippen LogP contribution in [0, 0.1) is 27.7 Å². The van der Waals surface area contributed by atoms with Gasteiger partial charge in [-0.05, 0) is 61.7 Å². The van der Waals surface area contributed by atoms with Gasteiger partial charge >= 0.3 is 0 Å². The van der Waals surface area contributed by atoms with Crippen molar-refractivity contribution >= 4 is 10.8 Å². The molecule has 0 atom stereocenters. The average Bonchev–Trinajstić information content (AvgIpc) is 3.10. The maximum atomic E-state index is 4.62. The Morgan fingerprint density at radius 2 is 1.08 bits per heavy atom. The van der Waals surface area contributed by atoms with Gasteiger partial charge in [0.1, 0.15) is 0 Å². The summed E-state index contributed by atoms with van der Waals surface area (Å²) in [6, 6.07) is 17.4. The van der Waals surface area contributed by atoms with Crippen molar-refractivity contribution in [2.45, 2.75) is 40.8 Å². The summed E-state index contributed by atoms with van der Waals surface area (Å²) in [6.07, 6.45) is 0. The maximum absolute atomic E-state index is 4.62. The van der Waals surface area contributed by atoms with E-state index in [1.807, 2.05) is 13.8 Å². The molecule has 0 aliphatic rings. The number of fused-ring (bicyclic) bond motifs is 1.